The van der Waals surface area contributed by atoms with Gasteiger partial charge >= 0.3 is 0 Å². The van der Waals surface area contributed by atoms with Crippen molar-refractivity contribution < 1.29 is 9.18 Å². The summed E-state index contributed by atoms with van der Waals surface area (Å²) in [5.41, 5.74) is 9.16. The normalized spacial score (nSPS) is 9.74. The Bertz CT molecular complexity index is 646. The molecular formula is C11H9FN6O. The fourth-order valence-corrected chi connectivity index (χ4v) is 1.43. The number of nitrogens with zero attached hydrogens (tertiary/aromatic N) is 4. The van der Waals surface area contributed by atoms with Crippen LogP contribution in [-0.2, 0) is 6.54 Å². The number of hydrogen-bond donors (Lipinski definition) is 2. The largest absolute Gasteiger partial charge is 0.320 e. The van der Waals surface area contributed by atoms with Crippen molar-refractivity contribution in [2.45, 2.75) is 6.54 Å². The molecule has 0 spiro atoms. The van der Waals surface area contributed by atoms with E-state index in [-0.39, 0.29) is 12.2 Å². The Morgan fingerprint density at radius 1 is 1.53 bits per heavy atom. The number of azide groups is 1. The molecule has 0 unspecified atom stereocenters. The van der Waals surface area contributed by atoms with Gasteiger partial charge in [-0.2, -0.15) is 5.10 Å². The smallest absolute Gasteiger partial charge is 0.276 e. The zero-order chi connectivity index (χ0) is 13.7. The van der Waals surface area contributed by atoms with Gasteiger partial charge in [-0.3, -0.25) is 9.89 Å². The lowest BCUT2D eigenvalue weighted by Crippen LogP contribution is -2.12. The number of rotatable bonds is 4. The van der Waals surface area contributed by atoms with Crippen molar-refractivity contribution in [3.63, 3.8) is 0 Å². The van der Waals surface area contributed by atoms with E-state index in [1.54, 1.807) is 6.07 Å². The van der Waals surface area contributed by atoms with E-state index in [9.17, 15) is 9.18 Å². The van der Waals surface area contributed by atoms with Crippen LogP contribution in [0.5, 0.6) is 0 Å². The minimum atomic E-state index is -0.478. The van der Waals surface area contributed by atoms with Gasteiger partial charge in [0.25, 0.3) is 5.91 Å². The summed E-state index contributed by atoms with van der Waals surface area (Å²) < 4.78 is 12.9. The maximum absolute atomic E-state index is 12.9. The predicted octanol–water partition coefficient (Wildman–Crippen LogP) is 2.61. The fourth-order valence-electron chi connectivity index (χ4n) is 1.43. The van der Waals surface area contributed by atoms with Crippen molar-refractivity contribution in [1.29, 1.82) is 0 Å². The predicted molar refractivity (Wildman–Crippen MR) is 65.8 cm³/mol. The summed E-state index contributed by atoms with van der Waals surface area (Å²) in [6.45, 7) is 0.0801. The highest BCUT2D eigenvalue weighted by molar-refractivity contribution is 6.02. The lowest BCUT2D eigenvalue weighted by molar-refractivity contribution is 0.102. The molecule has 1 heterocycles. The average molecular weight is 260 g/mol. The third-order valence-corrected chi connectivity index (χ3v) is 2.25. The Labute approximate surface area is 107 Å². The van der Waals surface area contributed by atoms with Crippen molar-refractivity contribution >= 4 is 11.6 Å². The van der Waals surface area contributed by atoms with Crippen LogP contribution in [0.2, 0.25) is 0 Å². The van der Waals surface area contributed by atoms with Crippen molar-refractivity contribution in [1.82, 2.24) is 10.2 Å². The topological polar surface area (TPSA) is 107 Å². The van der Waals surface area contributed by atoms with E-state index in [0.717, 1.165) is 0 Å². The van der Waals surface area contributed by atoms with E-state index < -0.39 is 11.7 Å². The molecule has 0 aliphatic rings. The van der Waals surface area contributed by atoms with Crippen LogP contribution in [0, 0.1) is 5.82 Å². The second-order valence-electron chi connectivity index (χ2n) is 3.63. The molecule has 7 nitrogen and oxygen atoms in total. The highest BCUT2D eigenvalue weighted by Gasteiger charge is 2.10. The standard InChI is InChI=1S/C11H9FN6O/c12-7-2-1-3-8(4-7)15-11(19)10-5-9(16-17-10)6-14-18-13/h1-5H,6H2,(H,15,19)(H,16,17). The van der Waals surface area contributed by atoms with Gasteiger partial charge in [-0.15, -0.1) is 0 Å². The lowest BCUT2D eigenvalue weighted by atomic mass is 10.3. The molecule has 0 aliphatic heterocycles. The van der Waals surface area contributed by atoms with Gasteiger partial charge in [0.15, 0.2) is 5.69 Å². The van der Waals surface area contributed by atoms with Gasteiger partial charge in [-0.05, 0) is 29.8 Å². The second-order valence-corrected chi connectivity index (χ2v) is 3.63. The Morgan fingerprint density at radius 2 is 2.37 bits per heavy atom. The number of carbonyl (C=O) groups excluding carboxylic acids is 1. The van der Waals surface area contributed by atoms with Crippen molar-refractivity contribution in [3.8, 4) is 0 Å². The van der Waals surface area contributed by atoms with Gasteiger partial charge in [-0.25, -0.2) is 4.39 Å². The summed E-state index contributed by atoms with van der Waals surface area (Å²) in [7, 11) is 0. The number of aromatic amines is 1. The molecule has 1 aromatic carbocycles. The Balaban J connectivity index is 2.07. The highest BCUT2D eigenvalue weighted by atomic mass is 19.1. The first-order chi connectivity index (χ1) is 9.19. The molecule has 8 heteroatoms. The highest BCUT2D eigenvalue weighted by Crippen LogP contribution is 2.11. The molecule has 1 amide bonds. The fraction of sp³-hybridized carbons (Fsp3) is 0.0909. The minimum Gasteiger partial charge on any atom is -0.320 e. The van der Waals surface area contributed by atoms with Gasteiger partial charge < -0.3 is 5.32 Å². The number of hydrogen-bond acceptors (Lipinski definition) is 3. The number of nitrogens with one attached hydrogen (secondary N) is 2. The van der Waals surface area contributed by atoms with Crippen LogP contribution < -0.4 is 5.32 Å². The van der Waals surface area contributed by atoms with Crippen molar-refractivity contribution in [3.05, 3.63) is 58.0 Å². The molecule has 0 saturated carbocycles. The van der Waals surface area contributed by atoms with Crippen LogP contribution in [0.4, 0.5) is 10.1 Å². The van der Waals surface area contributed by atoms with Gasteiger partial charge in [-0.1, -0.05) is 11.2 Å². The zero-order valence-corrected chi connectivity index (χ0v) is 9.67. The number of amides is 1. The van der Waals surface area contributed by atoms with E-state index in [1.807, 2.05) is 0 Å². The third kappa shape index (κ3) is 3.30. The van der Waals surface area contributed by atoms with Gasteiger partial charge in [0, 0.05) is 16.3 Å². The quantitative estimate of drug-likeness (QED) is 0.500. The lowest BCUT2D eigenvalue weighted by Gasteiger charge is -2.02. The molecule has 2 aromatic rings. The summed E-state index contributed by atoms with van der Waals surface area (Å²) in [5, 5.41) is 12.2. The number of aromatic nitrogens is 2. The monoisotopic (exact) mass is 260 g/mol. The Kier molecular flexibility index (Phi) is 3.75. The van der Waals surface area contributed by atoms with Crippen LogP contribution in [0.1, 0.15) is 16.2 Å². The number of benzene rings is 1. The van der Waals surface area contributed by atoms with Crippen LogP contribution in [0.3, 0.4) is 0 Å². The SMILES string of the molecule is [N-]=[N+]=NCc1cc(C(=O)Nc2cccc(F)c2)n[nH]1. The first-order valence-electron chi connectivity index (χ1n) is 5.31. The van der Waals surface area contributed by atoms with Crippen LogP contribution in [0.25, 0.3) is 10.4 Å². The molecule has 0 aliphatic carbocycles. The van der Waals surface area contributed by atoms with Crippen LogP contribution in [0.15, 0.2) is 35.4 Å². The summed E-state index contributed by atoms with van der Waals surface area (Å²) in [5.74, 6) is -0.919. The van der Waals surface area contributed by atoms with E-state index in [2.05, 4.69) is 25.5 Å². The molecule has 0 fully saturated rings. The number of H-pyrrole nitrogens is 1. The molecule has 2 N–H and O–H groups in total. The molecule has 0 bridgehead atoms. The molecule has 96 valence electrons. The Morgan fingerprint density at radius 3 is 3.11 bits per heavy atom. The number of halogens is 1. The molecule has 19 heavy (non-hydrogen) atoms. The molecule has 2 rings (SSSR count). The number of anilines is 1. The van der Waals surface area contributed by atoms with E-state index >= 15 is 0 Å². The van der Waals surface area contributed by atoms with Crippen molar-refractivity contribution in [2.75, 3.05) is 5.32 Å². The molecule has 0 saturated heterocycles. The third-order valence-electron chi connectivity index (χ3n) is 2.25. The van der Waals surface area contributed by atoms with Crippen LogP contribution >= 0.6 is 0 Å². The average Bonchev–Trinajstić information content (AvgIpc) is 2.85. The van der Waals surface area contributed by atoms with Gasteiger partial charge in [0.05, 0.1) is 6.54 Å². The molecule has 0 radical (unpaired) electrons. The van der Waals surface area contributed by atoms with E-state index in [4.69, 9.17) is 5.53 Å². The number of carbonyl (C=O) groups is 1. The van der Waals surface area contributed by atoms with E-state index in [1.165, 1.54) is 24.3 Å². The van der Waals surface area contributed by atoms with Gasteiger partial charge in [0.2, 0.25) is 0 Å². The maximum Gasteiger partial charge on any atom is 0.276 e. The second kappa shape index (κ2) is 5.65. The molecular weight excluding hydrogens is 251 g/mol. The minimum absolute atomic E-state index is 0.0801. The maximum atomic E-state index is 12.9. The summed E-state index contributed by atoms with van der Waals surface area (Å²) in [6.07, 6.45) is 0. The summed E-state index contributed by atoms with van der Waals surface area (Å²) in [6, 6.07) is 6.99. The molecule has 1 aromatic heterocycles. The van der Waals surface area contributed by atoms with E-state index in [0.29, 0.717) is 11.4 Å². The molecule has 0 atom stereocenters. The summed E-state index contributed by atoms with van der Waals surface area (Å²) >= 11 is 0. The summed E-state index contributed by atoms with van der Waals surface area (Å²) in [4.78, 5) is 14.4. The zero-order valence-electron chi connectivity index (χ0n) is 9.67. The van der Waals surface area contributed by atoms with Crippen LogP contribution in [-0.4, -0.2) is 16.1 Å². The Hall–Kier alpha value is -2.86. The van der Waals surface area contributed by atoms with Crippen molar-refractivity contribution in [2.24, 2.45) is 5.11 Å². The first-order valence-corrected chi connectivity index (χ1v) is 5.31. The first kappa shape index (κ1) is 12.6. The van der Waals surface area contributed by atoms with Gasteiger partial charge in [0.1, 0.15) is 5.82 Å².